The van der Waals surface area contributed by atoms with Gasteiger partial charge in [-0.05, 0) is 39.7 Å². The molecule has 2 aromatic heterocycles. The Morgan fingerprint density at radius 1 is 1.39 bits per heavy atom. The number of carbonyl (C=O) groups excluding carboxylic acids is 2. The SMILES string of the molecule is Cc1noc(C)c1NC(=O)N(C)C[C@H]1Oc2ncc(C#CC3CC3)cc2C(=O)N([C@H](C)CO)C[C@@H]1C. The monoisotopic (exact) mass is 495 g/mol. The number of amides is 3. The zero-order chi connectivity index (χ0) is 26.0. The second-order valence-corrected chi connectivity index (χ2v) is 9.75. The van der Waals surface area contributed by atoms with Crippen LogP contribution in [0.5, 0.6) is 5.88 Å². The number of hydrogen-bond donors (Lipinski definition) is 2. The predicted molar refractivity (Wildman–Crippen MR) is 133 cm³/mol. The van der Waals surface area contributed by atoms with E-state index >= 15 is 0 Å². The Balaban J connectivity index is 1.59. The number of nitrogens with one attached hydrogen (secondary N) is 1. The second-order valence-electron chi connectivity index (χ2n) is 9.75. The van der Waals surface area contributed by atoms with E-state index in [1.807, 2.05) is 6.92 Å². The van der Waals surface area contributed by atoms with Crippen LogP contribution in [-0.2, 0) is 0 Å². The van der Waals surface area contributed by atoms with Crippen LogP contribution in [0.15, 0.2) is 16.8 Å². The summed E-state index contributed by atoms with van der Waals surface area (Å²) < 4.78 is 11.4. The summed E-state index contributed by atoms with van der Waals surface area (Å²) >= 11 is 0. The normalized spacial score (nSPS) is 20.3. The van der Waals surface area contributed by atoms with Crippen molar-refractivity contribution >= 4 is 17.6 Å². The van der Waals surface area contributed by atoms with E-state index in [2.05, 4.69) is 27.3 Å². The van der Waals surface area contributed by atoms with Crippen LogP contribution in [0.2, 0.25) is 0 Å². The number of aryl methyl sites for hydroxylation is 2. The van der Waals surface area contributed by atoms with E-state index in [4.69, 9.17) is 9.26 Å². The van der Waals surface area contributed by atoms with Crippen LogP contribution in [-0.4, -0.2) is 75.9 Å². The zero-order valence-corrected chi connectivity index (χ0v) is 21.4. The van der Waals surface area contributed by atoms with Gasteiger partial charge in [-0.3, -0.25) is 4.79 Å². The Morgan fingerprint density at radius 2 is 2.14 bits per heavy atom. The Hall–Kier alpha value is -3.58. The summed E-state index contributed by atoms with van der Waals surface area (Å²) in [6.45, 7) is 7.66. The number of ether oxygens (including phenoxy) is 1. The van der Waals surface area contributed by atoms with Gasteiger partial charge in [-0.25, -0.2) is 9.78 Å². The lowest BCUT2D eigenvalue weighted by Crippen LogP contribution is -2.50. The Bertz CT molecular complexity index is 1180. The molecule has 0 saturated heterocycles. The summed E-state index contributed by atoms with van der Waals surface area (Å²) in [6, 6.07) is 0.976. The highest BCUT2D eigenvalue weighted by molar-refractivity contribution is 5.97. The zero-order valence-electron chi connectivity index (χ0n) is 21.4. The minimum atomic E-state index is -0.457. The number of aliphatic hydroxyl groups is 1. The first kappa shape index (κ1) is 25.5. The van der Waals surface area contributed by atoms with Crippen LogP contribution in [0.25, 0.3) is 0 Å². The van der Waals surface area contributed by atoms with Crippen molar-refractivity contribution in [3.63, 3.8) is 0 Å². The van der Waals surface area contributed by atoms with Gasteiger partial charge >= 0.3 is 6.03 Å². The molecule has 10 nitrogen and oxygen atoms in total. The summed E-state index contributed by atoms with van der Waals surface area (Å²) in [5.41, 5.74) is 2.09. The highest BCUT2D eigenvalue weighted by Gasteiger charge is 2.35. The first-order valence-electron chi connectivity index (χ1n) is 12.2. The minimum Gasteiger partial charge on any atom is -0.472 e. The molecule has 3 heterocycles. The van der Waals surface area contributed by atoms with Crippen LogP contribution in [0.3, 0.4) is 0 Å². The Labute approximate surface area is 211 Å². The molecule has 2 N–H and O–H groups in total. The van der Waals surface area contributed by atoms with Crippen molar-refractivity contribution in [3.8, 4) is 17.7 Å². The molecule has 36 heavy (non-hydrogen) atoms. The lowest BCUT2D eigenvalue weighted by molar-refractivity contribution is 0.0356. The number of anilines is 1. The first-order valence-corrected chi connectivity index (χ1v) is 12.2. The van der Waals surface area contributed by atoms with E-state index < -0.39 is 12.1 Å². The van der Waals surface area contributed by atoms with Crippen LogP contribution in [0.4, 0.5) is 10.5 Å². The van der Waals surface area contributed by atoms with Gasteiger partial charge in [0, 0.05) is 37.2 Å². The maximum Gasteiger partial charge on any atom is 0.321 e. The molecule has 0 bridgehead atoms. The fraction of sp³-hybridized carbons (Fsp3) is 0.538. The van der Waals surface area contributed by atoms with E-state index in [0.717, 1.165) is 12.8 Å². The molecular weight excluding hydrogens is 462 g/mol. The third-order valence-electron chi connectivity index (χ3n) is 6.58. The number of aromatic nitrogens is 2. The van der Waals surface area contributed by atoms with Gasteiger partial charge in [0.05, 0.1) is 19.2 Å². The van der Waals surface area contributed by atoms with Crippen molar-refractivity contribution in [2.24, 2.45) is 11.8 Å². The van der Waals surface area contributed by atoms with Gasteiger partial charge in [0.25, 0.3) is 5.91 Å². The standard InChI is InChI=1S/C26H33N5O5/c1-15-12-31(16(2)14-32)25(33)21-10-20(9-8-19-6-7-19)11-27-24(21)35-22(15)13-30(5)26(34)28-23-17(3)29-36-18(23)4/h10-11,15-16,19,22,32H,6-7,12-14H2,1-5H3,(H,28,34)/t15-,16+,22+/m0/s1. The lowest BCUT2D eigenvalue weighted by atomic mass is 10.00. The van der Waals surface area contributed by atoms with Gasteiger partial charge in [-0.15, -0.1) is 0 Å². The van der Waals surface area contributed by atoms with Gasteiger partial charge in [-0.1, -0.05) is 23.9 Å². The van der Waals surface area contributed by atoms with Gasteiger partial charge in [0.2, 0.25) is 5.88 Å². The molecule has 0 spiro atoms. The molecule has 1 aliphatic carbocycles. The summed E-state index contributed by atoms with van der Waals surface area (Å²) in [6.07, 6.45) is 3.36. The molecule has 1 fully saturated rings. The molecule has 3 amide bonds. The molecular formula is C26H33N5O5. The van der Waals surface area contributed by atoms with Crippen LogP contribution >= 0.6 is 0 Å². The third-order valence-corrected chi connectivity index (χ3v) is 6.58. The van der Waals surface area contributed by atoms with E-state index in [-0.39, 0.29) is 36.9 Å². The summed E-state index contributed by atoms with van der Waals surface area (Å²) in [7, 11) is 1.67. The average Bonchev–Trinajstić information content (AvgIpc) is 3.65. The summed E-state index contributed by atoms with van der Waals surface area (Å²) in [5, 5.41) is 16.5. The van der Waals surface area contributed by atoms with Gasteiger partial charge < -0.3 is 29.5 Å². The topological polar surface area (TPSA) is 121 Å². The van der Waals surface area contributed by atoms with Crippen molar-refractivity contribution in [1.29, 1.82) is 0 Å². The minimum absolute atomic E-state index is 0.151. The highest BCUT2D eigenvalue weighted by Crippen LogP contribution is 2.29. The van der Waals surface area contributed by atoms with Gasteiger partial charge in [-0.2, -0.15) is 0 Å². The number of likely N-dealkylation sites (N-methyl/N-ethyl adjacent to an activating group) is 1. The number of urea groups is 1. The molecule has 2 aromatic rings. The number of fused-ring (bicyclic) bond motifs is 1. The van der Waals surface area contributed by atoms with Crippen LogP contribution < -0.4 is 10.1 Å². The van der Waals surface area contributed by atoms with Crippen LogP contribution in [0.1, 0.15) is 54.1 Å². The molecule has 192 valence electrons. The quantitative estimate of drug-likeness (QED) is 0.612. The summed E-state index contributed by atoms with van der Waals surface area (Å²) in [4.78, 5) is 34.0. The molecule has 1 saturated carbocycles. The fourth-order valence-corrected chi connectivity index (χ4v) is 4.02. The van der Waals surface area contributed by atoms with Gasteiger partial charge in [0.1, 0.15) is 23.0 Å². The van der Waals surface area contributed by atoms with Crippen molar-refractivity contribution in [2.45, 2.75) is 52.7 Å². The number of aliphatic hydroxyl groups excluding tert-OH is 1. The summed E-state index contributed by atoms with van der Waals surface area (Å²) in [5.74, 6) is 7.02. The Morgan fingerprint density at radius 3 is 2.78 bits per heavy atom. The average molecular weight is 496 g/mol. The molecule has 4 rings (SSSR count). The third kappa shape index (κ3) is 5.62. The molecule has 0 unspecified atom stereocenters. The Kier molecular flexibility index (Phi) is 7.50. The highest BCUT2D eigenvalue weighted by atomic mass is 16.5. The molecule has 2 aliphatic rings. The fourth-order valence-electron chi connectivity index (χ4n) is 4.02. The molecule has 10 heteroatoms. The van der Waals surface area contributed by atoms with E-state index in [9.17, 15) is 14.7 Å². The molecule has 0 radical (unpaired) electrons. The smallest absolute Gasteiger partial charge is 0.321 e. The molecule has 3 atom stereocenters. The maximum absolute atomic E-state index is 13.5. The number of carbonyl (C=O) groups is 2. The maximum atomic E-state index is 13.5. The number of hydrogen-bond acceptors (Lipinski definition) is 7. The van der Waals surface area contributed by atoms with E-state index in [0.29, 0.717) is 40.7 Å². The van der Waals surface area contributed by atoms with Crippen molar-refractivity contribution < 1.29 is 24.0 Å². The molecule has 1 aliphatic heterocycles. The number of nitrogens with zero attached hydrogens (tertiary/aromatic N) is 4. The van der Waals surface area contributed by atoms with E-state index in [1.54, 1.807) is 45.0 Å². The number of rotatable bonds is 5. The van der Waals surface area contributed by atoms with Crippen molar-refractivity contribution in [1.82, 2.24) is 19.9 Å². The second kappa shape index (κ2) is 10.6. The van der Waals surface area contributed by atoms with Crippen molar-refractivity contribution in [2.75, 3.05) is 32.1 Å². The lowest BCUT2D eigenvalue weighted by Gasteiger charge is -2.37. The molecule has 0 aromatic carbocycles. The first-order chi connectivity index (χ1) is 17.2. The van der Waals surface area contributed by atoms with E-state index in [1.165, 1.54) is 4.90 Å². The van der Waals surface area contributed by atoms with Crippen LogP contribution in [0, 0.1) is 37.5 Å². The predicted octanol–water partition coefficient (Wildman–Crippen LogP) is 2.83. The largest absolute Gasteiger partial charge is 0.472 e. The van der Waals surface area contributed by atoms with Gasteiger partial charge in [0.15, 0.2) is 5.76 Å². The van der Waals surface area contributed by atoms with Crippen molar-refractivity contribution in [3.05, 3.63) is 34.8 Å². The number of pyridine rings is 1.